The highest BCUT2D eigenvalue weighted by Gasteiger charge is 2.49. The largest absolute Gasteiger partial charge is 0.103 e. The van der Waals surface area contributed by atoms with Gasteiger partial charge in [0.05, 0.1) is 0 Å². The van der Waals surface area contributed by atoms with Crippen LogP contribution in [0.25, 0.3) is 0 Å². The summed E-state index contributed by atoms with van der Waals surface area (Å²) < 4.78 is 0. The third-order valence-corrected chi connectivity index (χ3v) is 5.13. The molecule has 4 atom stereocenters. The van der Waals surface area contributed by atoms with E-state index >= 15 is 0 Å². The molecule has 1 aliphatic carbocycles. The molecule has 1 fully saturated rings. The number of hydrogen-bond donors (Lipinski definition) is 0. The molecule has 0 aliphatic heterocycles. The van der Waals surface area contributed by atoms with E-state index in [4.69, 9.17) is 0 Å². The van der Waals surface area contributed by atoms with Gasteiger partial charge < -0.3 is 0 Å². The SMILES string of the molecule is C=CC(C)CC(C)CC=CC(C)C1(C(C)C=C)CC1. The molecule has 0 aromatic rings. The smallest absolute Gasteiger partial charge is 0.0177 e. The van der Waals surface area contributed by atoms with Crippen molar-refractivity contribution in [1.82, 2.24) is 0 Å². The molecule has 1 rings (SSSR count). The minimum absolute atomic E-state index is 0.524. The number of rotatable bonds is 9. The predicted molar refractivity (Wildman–Crippen MR) is 87.1 cm³/mol. The summed E-state index contributed by atoms with van der Waals surface area (Å²) in [5.41, 5.74) is 0.524. The first-order chi connectivity index (χ1) is 8.96. The van der Waals surface area contributed by atoms with Crippen LogP contribution >= 0.6 is 0 Å². The van der Waals surface area contributed by atoms with E-state index in [1.54, 1.807) is 0 Å². The van der Waals surface area contributed by atoms with Gasteiger partial charge in [-0.3, -0.25) is 0 Å². The van der Waals surface area contributed by atoms with Crippen molar-refractivity contribution in [2.75, 3.05) is 0 Å². The summed E-state index contributed by atoms with van der Waals surface area (Å²) >= 11 is 0. The fourth-order valence-electron chi connectivity index (χ4n) is 3.24. The van der Waals surface area contributed by atoms with E-state index in [9.17, 15) is 0 Å². The van der Waals surface area contributed by atoms with Crippen LogP contribution in [-0.4, -0.2) is 0 Å². The second-order valence-electron chi connectivity index (χ2n) is 6.76. The lowest BCUT2D eigenvalue weighted by Gasteiger charge is -2.25. The summed E-state index contributed by atoms with van der Waals surface area (Å²) in [6.45, 7) is 17.1. The molecule has 108 valence electrons. The van der Waals surface area contributed by atoms with E-state index in [-0.39, 0.29) is 0 Å². The third-order valence-electron chi connectivity index (χ3n) is 5.13. The summed E-state index contributed by atoms with van der Waals surface area (Å²) in [5.74, 6) is 2.72. The van der Waals surface area contributed by atoms with Crippen molar-refractivity contribution in [3.63, 3.8) is 0 Å². The number of allylic oxidation sites excluding steroid dienone is 4. The minimum atomic E-state index is 0.524. The molecule has 0 aromatic heterocycles. The lowest BCUT2D eigenvalue weighted by Crippen LogP contribution is -2.18. The second kappa shape index (κ2) is 7.12. The van der Waals surface area contributed by atoms with Gasteiger partial charge in [-0.1, -0.05) is 52.0 Å². The molecule has 19 heavy (non-hydrogen) atoms. The van der Waals surface area contributed by atoms with Crippen LogP contribution in [0.3, 0.4) is 0 Å². The first kappa shape index (κ1) is 16.3. The van der Waals surface area contributed by atoms with Crippen molar-refractivity contribution >= 4 is 0 Å². The highest BCUT2D eigenvalue weighted by atomic mass is 14.5. The summed E-state index contributed by atoms with van der Waals surface area (Å²) in [7, 11) is 0. The quantitative estimate of drug-likeness (QED) is 0.445. The van der Waals surface area contributed by atoms with Crippen molar-refractivity contribution in [3.8, 4) is 0 Å². The van der Waals surface area contributed by atoms with E-state index in [1.807, 2.05) is 0 Å². The van der Waals surface area contributed by atoms with E-state index in [1.165, 1.54) is 25.7 Å². The molecule has 4 unspecified atom stereocenters. The van der Waals surface area contributed by atoms with Gasteiger partial charge in [-0.25, -0.2) is 0 Å². The van der Waals surface area contributed by atoms with Gasteiger partial charge in [-0.05, 0) is 54.8 Å². The molecular weight excluding hydrogens is 228 g/mol. The summed E-state index contributed by atoms with van der Waals surface area (Å²) in [6.07, 6.45) is 14.2. The Hall–Kier alpha value is -0.780. The molecular formula is C19H32. The average Bonchev–Trinajstić information content (AvgIpc) is 3.18. The van der Waals surface area contributed by atoms with Crippen molar-refractivity contribution < 1.29 is 0 Å². The van der Waals surface area contributed by atoms with Gasteiger partial charge in [0.15, 0.2) is 0 Å². The third kappa shape index (κ3) is 4.37. The first-order valence-corrected chi connectivity index (χ1v) is 7.88. The van der Waals surface area contributed by atoms with Crippen LogP contribution in [0.2, 0.25) is 0 Å². The maximum atomic E-state index is 3.97. The van der Waals surface area contributed by atoms with Crippen LogP contribution in [-0.2, 0) is 0 Å². The molecule has 0 aromatic carbocycles. The molecule has 0 saturated heterocycles. The zero-order valence-electron chi connectivity index (χ0n) is 13.4. The van der Waals surface area contributed by atoms with Gasteiger partial charge in [0.2, 0.25) is 0 Å². The Bertz CT molecular complexity index is 319. The molecule has 0 N–H and O–H groups in total. The fourth-order valence-corrected chi connectivity index (χ4v) is 3.24. The average molecular weight is 260 g/mol. The Morgan fingerprint density at radius 1 is 1.00 bits per heavy atom. The second-order valence-corrected chi connectivity index (χ2v) is 6.76. The zero-order valence-corrected chi connectivity index (χ0v) is 13.4. The van der Waals surface area contributed by atoms with E-state index < -0.39 is 0 Å². The number of hydrogen-bond acceptors (Lipinski definition) is 0. The van der Waals surface area contributed by atoms with Crippen molar-refractivity contribution in [2.24, 2.45) is 29.1 Å². The lowest BCUT2D eigenvalue weighted by molar-refractivity contribution is 0.311. The van der Waals surface area contributed by atoms with Gasteiger partial charge >= 0.3 is 0 Å². The van der Waals surface area contributed by atoms with Crippen LogP contribution in [0.5, 0.6) is 0 Å². The van der Waals surface area contributed by atoms with Crippen molar-refractivity contribution in [1.29, 1.82) is 0 Å². The van der Waals surface area contributed by atoms with E-state index in [2.05, 4.69) is 65.2 Å². The first-order valence-electron chi connectivity index (χ1n) is 7.88. The zero-order chi connectivity index (χ0) is 14.5. The molecule has 0 nitrogen and oxygen atoms in total. The topological polar surface area (TPSA) is 0 Å². The maximum Gasteiger partial charge on any atom is -0.0177 e. The van der Waals surface area contributed by atoms with Gasteiger partial charge in [0.1, 0.15) is 0 Å². The minimum Gasteiger partial charge on any atom is -0.103 e. The summed E-state index contributed by atoms with van der Waals surface area (Å²) in [6, 6.07) is 0. The van der Waals surface area contributed by atoms with Gasteiger partial charge in [-0.15, -0.1) is 13.2 Å². The normalized spacial score (nSPS) is 23.6. The molecule has 0 radical (unpaired) electrons. The van der Waals surface area contributed by atoms with Crippen LogP contribution in [0, 0.1) is 29.1 Å². The monoisotopic (exact) mass is 260 g/mol. The van der Waals surface area contributed by atoms with E-state index in [0.717, 1.165) is 5.92 Å². The molecule has 0 spiro atoms. The Labute approximate surface area is 120 Å². The molecule has 0 heteroatoms. The predicted octanol–water partition coefficient (Wildman–Crippen LogP) is 6.02. The van der Waals surface area contributed by atoms with Crippen LogP contribution in [0.4, 0.5) is 0 Å². The van der Waals surface area contributed by atoms with Gasteiger partial charge in [0, 0.05) is 0 Å². The molecule has 0 amide bonds. The van der Waals surface area contributed by atoms with E-state index in [0.29, 0.717) is 23.2 Å². The highest BCUT2D eigenvalue weighted by molar-refractivity contribution is 5.10. The van der Waals surface area contributed by atoms with Crippen LogP contribution < -0.4 is 0 Å². The van der Waals surface area contributed by atoms with Crippen molar-refractivity contribution in [3.05, 3.63) is 37.5 Å². The fraction of sp³-hybridized carbons (Fsp3) is 0.684. The van der Waals surface area contributed by atoms with Gasteiger partial charge in [0.25, 0.3) is 0 Å². The molecule has 1 aliphatic rings. The summed E-state index contributed by atoms with van der Waals surface area (Å²) in [5, 5.41) is 0. The Balaban J connectivity index is 2.40. The van der Waals surface area contributed by atoms with Crippen LogP contribution in [0.1, 0.15) is 53.4 Å². The highest BCUT2D eigenvalue weighted by Crippen LogP contribution is 2.58. The Morgan fingerprint density at radius 2 is 1.63 bits per heavy atom. The van der Waals surface area contributed by atoms with Crippen LogP contribution in [0.15, 0.2) is 37.5 Å². The molecule has 0 bridgehead atoms. The lowest BCUT2D eigenvalue weighted by atomic mass is 9.79. The molecule has 0 heterocycles. The Kier molecular flexibility index (Phi) is 6.10. The standard InChI is InChI=1S/C19H32/c1-7-15(3)14-16(4)10-9-11-18(6)19(12-13-19)17(5)8-2/h7-9,11,15-18H,1-2,10,12-14H2,3-6H3. The Morgan fingerprint density at radius 3 is 2.11 bits per heavy atom. The molecule has 1 saturated carbocycles. The summed E-state index contributed by atoms with van der Waals surface area (Å²) in [4.78, 5) is 0. The maximum absolute atomic E-state index is 3.97. The van der Waals surface area contributed by atoms with Gasteiger partial charge in [-0.2, -0.15) is 0 Å². The van der Waals surface area contributed by atoms with Crippen molar-refractivity contribution in [2.45, 2.75) is 53.4 Å².